The Morgan fingerprint density at radius 2 is 2.08 bits per heavy atom. The van der Waals surface area contributed by atoms with Crippen LogP contribution in [0.1, 0.15) is 59.8 Å². The van der Waals surface area contributed by atoms with Gasteiger partial charge in [-0.25, -0.2) is 4.79 Å². The zero-order valence-corrected chi connectivity index (χ0v) is 16.2. The summed E-state index contributed by atoms with van der Waals surface area (Å²) in [5, 5.41) is 11.5. The van der Waals surface area contributed by atoms with Crippen LogP contribution in [-0.2, 0) is 14.3 Å². The molecule has 2 aliphatic carbocycles. The molecule has 2 heterocycles. The molecule has 0 aromatic carbocycles. The molecular formula is C21H32O4. The van der Waals surface area contributed by atoms with E-state index in [9.17, 15) is 9.90 Å². The molecule has 25 heavy (non-hydrogen) atoms. The van der Waals surface area contributed by atoms with Crippen molar-refractivity contribution in [3.63, 3.8) is 0 Å². The predicted molar refractivity (Wildman–Crippen MR) is 94.8 cm³/mol. The van der Waals surface area contributed by atoms with Gasteiger partial charge in [-0.2, -0.15) is 0 Å². The van der Waals surface area contributed by atoms with Gasteiger partial charge in [-0.05, 0) is 49.5 Å². The average molecular weight is 348 g/mol. The van der Waals surface area contributed by atoms with E-state index in [-0.39, 0.29) is 17.3 Å². The first-order valence-corrected chi connectivity index (χ1v) is 9.92. The van der Waals surface area contributed by atoms with Gasteiger partial charge in [-0.1, -0.05) is 34.1 Å². The second kappa shape index (κ2) is 5.32. The van der Waals surface area contributed by atoms with Crippen LogP contribution in [0.3, 0.4) is 0 Å². The lowest BCUT2D eigenvalue weighted by Gasteiger charge is -2.55. The van der Waals surface area contributed by atoms with Crippen LogP contribution in [0.15, 0.2) is 11.6 Å². The molecule has 0 radical (unpaired) electrons. The van der Waals surface area contributed by atoms with Crippen LogP contribution in [0.25, 0.3) is 0 Å². The van der Waals surface area contributed by atoms with Gasteiger partial charge in [0.15, 0.2) is 0 Å². The van der Waals surface area contributed by atoms with Crippen molar-refractivity contribution in [2.45, 2.75) is 77.1 Å². The van der Waals surface area contributed by atoms with E-state index in [1.54, 1.807) is 0 Å². The van der Waals surface area contributed by atoms with Gasteiger partial charge in [0.2, 0.25) is 0 Å². The number of aliphatic hydroxyl groups is 1. The molecule has 3 fully saturated rings. The van der Waals surface area contributed by atoms with Crippen LogP contribution in [0.4, 0.5) is 0 Å². The van der Waals surface area contributed by atoms with Crippen molar-refractivity contribution in [2.75, 3.05) is 7.11 Å². The van der Waals surface area contributed by atoms with Crippen LogP contribution in [0, 0.1) is 29.1 Å². The molecule has 140 valence electrons. The van der Waals surface area contributed by atoms with Crippen molar-refractivity contribution in [2.24, 2.45) is 29.1 Å². The SMILES string of the molecule is COC(=O)C1=C[C@]23C[C@@H](C)CCC2[C@@]2(C)CC[C@@H](C(C)C)[C@@H](O)[C@@]12O3. The number of hydrogen-bond donors (Lipinski definition) is 1. The van der Waals surface area contributed by atoms with E-state index in [1.807, 2.05) is 6.08 Å². The molecule has 4 heteroatoms. The maximum atomic E-state index is 12.7. The fraction of sp³-hybridized carbons (Fsp3) is 0.857. The number of fused-ring (bicyclic) bond motifs is 1. The Morgan fingerprint density at radius 1 is 1.36 bits per heavy atom. The van der Waals surface area contributed by atoms with E-state index in [2.05, 4.69) is 27.7 Å². The van der Waals surface area contributed by atoms with Gasteiger partial charge in [0.1, 0.15) is 5.60 Å². The normalized spacial score (nSPS) is 51.1. The second-order valence-electron chi connectivity index (χ2n) is 9.59. The molecule has 0 aromatic heterocycles. The Bertz CT molecular complexity index is 625. The van der Waals surface area contributed by atoms with Crippen LogP contribution < -0.4 is 0 Å². The summed E-state index contributed by atoms with van der Waals surface area (Å²) >= 11 is 0. The van der Waals surface area contributed by atoms with Crippen LogP contribution in [0.2, 0.25) is 0 Å². The van der Waals surface area contributed by atoms with E-state index < -0.39 is 17.3 Å². The minimum Gasteiger partial charge on any atom is -0.466 e. The molecule has 2 saturated carbocycles. The van der Waals surface area contributed by atoms with Crippen molar-refractivity contribution < 1.29 is 19.4 Å². The molecule has 4 nitrogen and oxygen atoms in total. The Balaban J connectivity index is 1.89. The van der Waals surface area contributed by atoms with Crippen molar-refractivity contribution in [3.05, 3.63) is 11.6 Å². The van der Waals surface area contributed by atoms with Gasteiger partial charge in [-0.3, -0.25) is 0 Å². The maximum absolute atomic E-state index is 12.7. The second-order valence-corrected chi connectivity index (χ2v) is 9.59. The summed E-state index contributed by atoms with van der Waals surface area (Å²) in [6, 6.07) is 0. The molecular weight excluding hydrogens is 316 g/mol. The topological polar surface area (TPSA) is 55.8 Å². The highest BCUT2D eigenvalue weighted by Gasteiger charge is 2.78. The first-order chi connectivity index (χ1) is 11.7. The zero-order valence-electron chi connectivity index (χ0n) is 16.2. The van der Waals surface area contributed by atoms with E-state index >= 15 is 0 Å². The molecule has 0 amide bonds. The van der Waals surface area contributed by atoms with E-state index in [1.165, 1.54) is 13.5 Å². The summed E-state index contributed by atoms with van der Waals surface area (Å²) < 4.78 is 11.9. The third-order valence-corrected chi connectivity index (χ3v) is 8.04. The molecule has 4 rings (SSSR count). The maximum Gasteiger partial charge on any atom is 0.336 e. The summed E-state index contributed by atoms with van der Waals surface area (Å²) in [5.41, 5.74) is -0.915. The summed E-state index contributed by atoms with van der Waals surface area (Å²) in [5.74, 6) is 1.13. The van der Waals surface area contributed by atoms with Crippen LogP contribution in [0.5, 0.6) is 0 Å². The monoisotopic (exact) mass is 348 g/mol. The molecule has 1 N–H and O–H groups in total. The summed E-state index contributed by atoms with van der Waals surface area (Å²) in [6.45, 7) is 8.83. The third kappa shape index (κ3) is 1.93. The molecule has 2 spiro atoms. The average Bonchev–Trinajstić information content (AvgIpc) is 2.99. The summed E-state index contributed by atoms with van der Waals surface area (Å²) in [7, 11) is 1.43. The third-order valence-electron chi connectivity index (χ3n) is 8.04. The molecule has 0 aromatic rings. The van der Waals surface area contributed by atoms with Crippen molar-refractivity contribution in [1.29, 1.82) is 0 Å². The highest BCUT2D eigenvalue weighted by molar-refractivity contribution is 5.93. The fourth-order valence-corrected chi connectivity index (χ4v) is 6.90. The first-order valence-electron chi connectivity index (χ1n) is 9.92. The number of aliphatic hydroxyl groups excluding tert-OH is 1. The number of rotatable bonds is 2. The zero-order chi connectivity index (χ0) is 18.2. The predicted octanol–water partition coefficient (Wildman–Crippen LogP) is 3.48. The van der Waals surface area contributed by atoms with Gasteiger partial charge in [0.05, 0.1) is 24.4 Å². The van der Waals surface area contributed by atoms with Crippen molar-refractivity contribution >= 4 is 5.97 Å². The number of carbonyl (C=O) groups excluding carboxylic acids is 1. The highest BCUT2D eigenvalue weighted by atomic mass is 16.6. The van der Waals surface area contributed by atoms with Gasteiger partial charge < -0.3 is 14.6 Å². The minimum atomic E-state index is -0.901. The minimum absolute atomic E-state index is 0.147. The van der Waals surface area contributed by atoms with E-state index in [4.69, 9.17) is 9.47 Å². The highest BCUT2D eigenvalue weighted by Crippen LogP contribution is 2.72. The first kappa shape index (κ1) is 17.5. The van der Waals surface area contributed by atoms with E-state index in [0.717, 1.165) is 25.7 Å². The Morgan fingerprint density at radius 3 is 2.72 bits per heavy atom. The molecule has 1 saturated heterocycles. The smallest absolute Gasteiger partial charge is 0.336 e. The Hall–Kier alpha value is -0.870. The quantitative estimate of drug-likeness (QED) is 0.776. The fourth-order valence-electron chi connectivity index (χ4n) is 6.90. The standard InChI is InChI=1S/C21H32O4/c1-12(2)14-8-9-19(4)16-7-6-13(3)10-20(16)11-15(18(23)24-5)21(19,25-20)17(14)22/h11-14,16-17,22H,6-10H2,1-5H3/t13-,14-,16?,17+,19+,20+,21-/m0/s1. The molecule has 4 aliphatic rings. The van der Waals surface area contributed by atoms with Gasteiger partial charge >= 0.3 is 5.97 Å². The number of esters is 1. The Labute approximate surface area is 151 Å². The van der Waals surface area contributed by atoms with E-state index in [0.29, 0.717) is 23.3 Å². The van der Waals surface area contributed by atoms with Crippen LogP contribution in [-0.4, -0.2) is 35.5 Å². The largest absolute Gasteiger partial charge is 0.466 e. The van der Waals surface area contributed by atoms with Gasteiger partial charge in [-0.15, -0.1) is 0 Å². The van der Waals surface area contributed by atoms with Gasteiger partial charge in [0.25, 0.3) is 0 Å². The summed E-state index contributed by atoms with van der Waals surface area (Å²) in [6.07, 6.45) is 6.65. The number of methoxy groups -OCH3 is 1. The number of ether oxygens (including phenoxy) is 2. The molecule has 2 bridgehead atoms. The molecule has 2 aliphatic heterocycles. The molecule has 7 atom stereocenters. The summed E-state index contributed by atoms with van der Waals surface area (Å²) in [4.78, 5) is 12.7. The van der Waals surface area contributed by atoms with Crippen molar-refractivity contribution in [1.82, 2.24) is 0 Å². The van der Waals surface area contributed by atoms with Crippen LogP contribution >= 0.6 is 0 Å². The lowest BCUT2D eigenvalue weighted by molar-refractivity contribution is -0.184. The van der Waals surface area contributed by atoms with Crippen molar-refractivity contribution in [3.8, 4) is 0 Å². The molecule has 1 unspecified atom stereocenters. The number of carbonyl (C=O) groups is 1. The lowest BCUT2D eigenvalue weighted by Crippen LogP contribution is -2.63. The van der Waals surface area contributed by atoms with Gasteiger partial charge in [0, 0.05) is 11.3 Å². The Kier molecular flexibility index (Phi) is 3.73. The number of hydrogen-bond acceptors (Lipinski definition) is 4. The lowest BCUT2D eigenvalue weighted by atomic mass is 9.47.